The zero-order valence-electron chi connectivity index (χ0n) is 15.8. The number of halogens is 2. The van der Waals surface area contributed by atoms with Crippen molar-refractivity contribution in [2.75, 3.05) is 0 Å². The van der Waals surface area contributed by atoms with Crippen molar-refractivity contribution in [2.24, 2.45) is 0 Å². The quantitative estimate of drug-likeness (QED) is 0.612. The molecule has 0 saturated carbocycles. The molecule has 0 spiro atoms. The Morgan fingerprint density at radius 3 is 2.23 bits per heavy atom. The van der Waals surface area contributed by atoms with Crippen LogP contribution in [0, 0.1) is 25.5 Å². The highest BCUT2D eigenvalue weighted by Gasteiger charge is 2.17. The van der Waals surface area contributed by atoms with Crippen molar-refractivity contribution >= 4 is 16.6 Å². The van der Waals surface area contributed by atoms with Crippen LogP contribution in [-0.2, 0) is 0 Å². The number of hydrogen-bond acceptors (Lipinski definition) is 2. The normalized spacial score (nSPS) is 10.5. The molecule has 0 fully saturated rings. The average molecular weight is 357 g/mol. The van der Waals surface area contributed by atoms with E-state index in [1.807, 2.05) is 6.92 Å². The fraction of sp³-hybridized carbons (Fsp3) is 0.333. The fourth-order valence-corrected chi connectivity index (χ4v) is 2.80. The second kappa shape index (κ2) is 8.70. The molecule has 0 aliphatic carbocycles. The van der Waals surface area contributed by atoms with Gasteiger partial charge in [-0.3, -0.25) is 5.10 Å². The third-order valence-corrected chi connectivity index (χ3v) is 4.27. The number of aryl methyl sites for hydroxylation is 2. The average Bonchev–Trinajstić information content (AvgIpc) is 3.05. The first-order valence-corrected chi connectivity index (χ1v) is 8.84. The molecule has 0 saturated heterocycles. The first-order chi connectivity index (χ1) is 12.4. The second-order valence-electron chi connectivity index (χ2n) is 6.36. The van der Waals surface area contributed by atoms with Crippen molar-refractivity contribution in [1.82, 2.24) is 15.2 Å². The number of unbranched alkanes of at least 4 members (excludes halogenated alkanes) is 2. The molecule has 0 radical (unpaired) electrons. The Kier molecular flexibility index (Phi) is 6.61. The Morgan fingerprint density at radius 2 is 1.69 bits per heavy atom. The van der Waals surface area contributed by atoms with Gasteiger partial charge in [0, 0.05) is 17.1 Å². The lowest BCUT2D eigenvalue weighted by Crippen LogP contribution is -1.99. The predicted molar refractivity (Wildman–Crippen MR) is 103 cm³/mol. The Hall–Kier alpha value is -2.56. The molecule has 3 aromatic rings. The van der Waals surface area contributed by atoms with E-state index in [2.05, 4.69) is 35.6 Å². The summed E-state index contributed by atoms with van der Waals surface area (Å²) in [6.07, 6.45) is 7.26. The van der Waals surface area contributed by atoms with Gasteiger partial charge in [0.05, 0.1) is 11.8 Å². The van der Waals surface area contributed by atoms with Crippen LogP contribution in [0.1, 0.15) is 55.4 Å². The van der Waals surface area contributed by atoms with Gasteiger partial charge in [-0.25, -0.2) is 13.8 Å². The van der Waals surface area contributed by atoms with Crippen LogP contribution in [0.4, 0.5) is 8.78 Å². The molecule has 138 valence electrons. The second-order valence-corrected chi connectivity index (χ2v) is 6.36. The van der Waals surface area contributed by atoms with Gasteiger partial charge in [-0.2, -0.15) is 5.10 Å². The van der Waals surface area contributed by atoms with Crippen LogP contribution >= 0.6 is 0 Å². The number of pyridine rings is 1. The minimum Gasteiger partial charge on any atom is -0.261 e. The van der Waals surface area contributed by atoms with Crippen molar-refractivity contribution in [3.05, 3.63) is 65.0 Å². The highest BCUT2D eigenvalue weighted by atomic mass is 19.1. The van der Waals surface area contributed by atoms with Gasteiger partial charge in [-0.05, 0) is 42.7 Å². The summed E-state index contributed by atoms with van der Waals surface area (Å²) in [5.41, 5.74) is 2.76. The summed E-state index contributed by atoms with van der Waals surface area (Å²) in [6.45, 7) is 11.8. The molecule has 0 unspecified atom stereocenters. The Balaban J connectivity index is 0.000000431. The number of fused-ring (bicyclic) bond motifs is 1. The summed E-state index contributed by atoms with van der Waals surface area (Å²) < 4.78 is 28.2. The number of nitrogens with zero attached hydrogens (tertiary/aromatic N) is 2. The molecule has 26 heavy (non-hydrogen) atoms. The molecule has 1 aromatic carbocycles. The Bertz CT molecular complexity index is 888. The minimum atomic E-state index is -0.621. The summed E-state index contributed by atoms with van der Waals surface area (Å²) >= 11 is 0. The lowest BCUT2D eigenvalue weighted by atomic mass is 9.95. The Morgan fingerprint density at radius 1 is 1.08 bits per heavy atom. The van der Waals surface area contributed by atoms with E-state index >= 15 is 0 Å². The maximum atomic E-state index is 14.1. The fourth-order valence-electron chi connectivity index (χ4n) is 2.80. The summed E-state index contributed by atoms with van der Waals surface area (Å²) in [7, 11) is 0. The molecule has 0 aliphatic rings. The maximum Gasteiger partial charge on any atom is 0.155 e. The lowest BCUT2D eigenvalue weighted by molar-refractivity contribution is 0.575. The van der Waals surface area contributed by atoms with Gasteiger partial charge in [0.2, 0.25) is 0 Å². The SMILES string of the molecule is C=C(c1cnc2[nH]ncc2c1C)c1c(F)cc(C)cc1F.CCCCC. The molecule has 0 amide bonds. The summed E-state index contributed by atoms with van der Waals surface area (Å²) in [4.78, 5) is 4.20. The molecule has 3 nitrogen and oxygen atoms in total. The first-order valence-electron chi connectivity index (χ1n) is 8.84. The summed E-state index contributed by atoms with van der Waals surface area (Å²) in [5.74, 6) is -1.24. The third-order valence-electron chi connectivity index (χ3n) is 4.27. The molecule has 1 N–H and O–H groups in total. The monoisotopic (exact) mass is 357 g/mol. The van der Waals surface area contributed by atoms with Crippen molar-refractivity contribution in [3.63, 3.8) is 0 Å². The predicted octanol–water partition coefficient (Wildman–Crippen LogP) is 6.11. The topological polar surface area (TPSA) is 41.6 Å². The Labute approximate surface area is 153 Å². The van der Waals surface area contributed by atoms with Crippen molar-refractivity contribution in [1.29, 1.82) is 0 Å². The van der Waals surface area contributed by atoms with Crippen LogP contribution < -0.4 is 0 Å². The largest absolute Gasteiger partial charge is 0.261 e. The molecule has 3 rings (SSSR count). The summed E-state index contributed by atoms with van der Waals surface area (Å²) in [5, 5.41) is 7.48. The van der Waals surface area contributed by atoms with Gasteiger partial charge in [0.25, 0.3) is 0 Å². The first kappa shape index (κ1) is 19.8. The molecule has 5 heteroatoms. The number of aromatic nitrogens is 3. The number of benzene rings is 1. The van der Waals surface area contributed by atoms with Crippen molar-refractivity contribution in [2.45, 2.75) is 47.0 Å². The van der Waals surface area contributed by atoms with Crippen LogP contribution in [0.2, 0.25) is 0 Å². The van der Waals surface area contributed by atoms with E-state index in [9.17, 15) is 8.78 Å². The number of aromatic amines is 1. The van der Waals surface area contributed by atoms with E-state index < -0.39 is 11.6 Å². The number of rotatable bonds is 4. The maximum absolute atomic E-state index is 14.1. The number of hydrogen-bond donors (Lipinski definition) is 1. The highest BCUT2D eigenvalue weighted by molar-refractivity contribution is 5.88. The molecule has 0 aliphatic heterocycles. The summed E-state index contributed by atoms with van der Waals surface area (Å²) in [6, 6.07) is 2.59. The molecular formula is C21H25F2N3. The highest BCUT2D eigenvalue weighted by Crippen LogP contribution is 2.31. The van der Waals surface area contributed by atoms with E-state index in [4.69, 9.17) is 0 Å². The van der Waals surface area contributed by atoms with E-state index in [1.165, 1.54) is 31.4 Å². The molecule has 0 bridgehead atoms. The number of nitrogens with one attached hydrogen (secondary N) is 1. The molecule has 0 atom stereocenters. The van der Waals surface area contributed by atoms with Gasteiger partial charge >= 0.3 is 0 Å². The standard InChI is InChI=1S/C16H13F2N3.C5H12/c1-8-4-13(17)15(14(18)5-8)10(3)11-6-19-16-12(9(11)2)7-20-21-16;1-3-5-4-2/h4-7H,3H2,1-2H3,(H,19,20,21);3-5H2,1-2H3. The number of H-pyrrole nitrogens is 1. The van der Waals surface area contributed by atoms with Gasteiger partial charge in [-0.15, -0.1) is 0 Å². The van der Waals surface area contributed by atoms with Crippen LogP contribution in [0.15, 0.2) is 31.1 Å². The van der Waals surface area contributed by atoms with E-state index in [1.54, 1.807) is 19.3 Å². The van der Waals surface area contributed by atoms with Gasteiger partial charge in [0.1, 0.15) is 11.6 Å². The lowest BCUT2D eigenvalue weighted by Gasteiger charge is -2.12. The molecular weight excluding hydrogens is 332 g/mol. The van der Waals surface area contributed by atoms with Crippen LogP contribution in [0.3, 0.4) is 0 Å². The minimum absolute atomic E-state index is 0.117. The third kappa shape index (κ3) is 4.15. The molecule has 2 heterocycles. The smallest absolute Gasteiger partial charge is 0.155 e. The van der Waals surface area contributed by atoms with E-state index in [-0.39, 0.29) is 11.1 Å². The van der Waals surface area contributed by atoms with Crippen molar-refractivity contribution in [3.8, 4) is 0 Å². The van der Waals surface area contributed by atoms with E-state index in [0.29, 0.717) is 16.8 Å². The van der Waals surface area contributed by atoms with Crippen LogP contribution in [0.25, 0.3) is 16.6 Å². The molecule has 2 aromatic heterocycles. The van der Waals surface area contributed by atoms with Crippen LogP contribution in [0.5, 0.6) is 0 Å². The zero-order valence-corrected chi connectivity index (χ0v) is 15.8. The van der Waals surface area contributed by atoms with Gasteiger partial charge in [0.15, 0.2) is 5.65 Å². The van der Waals surface area contributed by atoms with Gasteiger partial charge in [-0.1, -0.05) is 39.7 Å². The van der Waals surface area contributed by atoms with Gasteiger partial charge < -0.3 is 0 Å². The zero-order chi connectivity index (χ0) is 19.3. The van der Waals surface area contributed by atoms with Crippen LogP contribution in [-0.4, -0.2) is 15.2 Å². The van der Waals surface area contributed by atoms with Crippen molar-refractivity contribution < 1.29 is 8.78 Å². The van der Waals surface area contributed by atoms with E-state index in [0.717, 1.165) is 10.9 Å².